The molecule has 9 nitrogen and oxygen atoms in total. The van der Waals surface area contributed by atoms with Gasteiger partial charge in [0.2, 0.25) is 11.8 Å². The van der Waals surface area contributed by atoms with Crippen LogP contribution in [-0.2, 0) is 22.6 Å². The Balaban J connectivity index is 1.65. The minimum atomic E-state index is -0.936. The fourth-order valence-electron chi connectivity index (χ4n) is 3.38. The molecule has 0 aliphatic carbocycles. The average molecular weight is 402 g/mol. The molecule has 0 unspecified atom stereocenters. The maximum absolute atomic E-state index is 14.2. The van der Waals surface area contributed by atoms with Crippen molar-refractivity contribution < 1.29 is 18.8 Å². The van der Waals surface area contributed by atoms with E-state index in [9.17, 15) is 18.8 Å². The van der Waals surface area contributed by atoms with Gasteiger partial charge in [-0.25, -0.2) is 9.18 Å². The van der Waals surface area contributed by atoms with Crippen molar-refractivity contribution in [1.82, 2.24) is 25.3 Å². The van der Waals surface area contributed by atoms with Crippen LogP contribution in [0.3, 0.4) is 0 Å². The number of nitrogens with one attached hydrogen (secondary N) is 2. The monoisotopic (exact) mass is 402 g/mol. The van der Waals surface area contributed by atoms with Gasteiger partial charge in [-0.2, -0.15) is 5.10 Å². The zero-order valence-corrected chi connectivity index (χ0v) is 15.8. The Hall–Kier alpha value is -3.43. The van der Waals surface area contributed by atoms with Crippen LogP contribution in [0.15, 0.2) is 42.7 Å². The second-order valence-electron chi connectivity index (χ2n) is 7.04. The number of nitrogens with two attached hydrogens (primary N) is 1. The Bertz CT molecular complexity index is 880. The van der Waals surface area contributed by atoms with E-state index in [2.05, 4.69) is 15.7 Å². The minimum Gasteiger partial charge on any atom is -0.354 e. The van der Waals surface area contributed by atoms with Crippen molar-refractivity contribution in [2.24, 2.45) is 11.1 Å². The van der Waals surface area contributed by atoms with Crippen LogP contribution < -0.4 is 16.4 Å². The van der Waals surface area contributed by atoms with Crippen molar-refractivity contribution in [1.29, 1.82) is 0 Å². The van der Waals surface area contributed by atoms with Gasteiger partial charge in [-0.05, 0) is 24.1 Å². The Labute approximate surface area is 167 Å². The highest BCUT2D eigenvalue weighted by atomic mass is 19.1. The number of hydrogen-bond acceptors (Lipinski definition) is 4. The highest BCUT2D eigenvalue weighted by molar-refractivity contribution is 5.89. The van der Waals surface area contributed by atoms with E-state index in [1.54, 1.807) is 41.3 Å². The van der Waals surface area contributed by atoms with Gasteiger partial charge in [-0.3, -0.25) is 14.3 Å². The largest absolute Gasteiger partial charge is 0.354 e. The van der Waals surface area contributed by atoms with Gasteiger partial charge in [-0.15, -0.1) is 0 Å². The Morgan fingerprint density at radius 1 is 1.17 bits per heavy atom. The quantitative estimate of drug-likeness (QED) is 0.570. The number of primary amides is 1. The lowest BCUT2D eigenvalue weighted by Crippen LogP contribution is -2.66. The minimum absolute atomic E-state index is 0.133. The van der Waals surface area contributed by atoms with Gasteiger partial charge in [0.1, 0.15) is 5.82 Å². The van der Waals surface area contributed by atoms with Gasteiger partial charge in [0, 0.05) is 32.0 Å². The van der Waals surface area contributed by atoms with Crippen LogP contribution in [-0.4, -0.2) is 58.7 Å². The average Bonchev–Trinajstić information content (AvgIpc) is 3.17. The van der Waals surface area contributed by atoms with E-state index in [-0.39, 0.29) is 37.9 Å². The molecule has 4 N–H and O–H groups in total. The molecule has 0 spiro atoms. The van der Waals surface area contributed by atoms with Crippen LogP contribution in [0.2, 0.25) is 0 Å². The summed E-state index contributed by atoms with van der Waals surface area (Å²) in [5.41, 5.74) is 4.46. The third-order valence-corrected chi connectivity index (χ3v) is 4.91. The molecule has 1 aliphatic rings. The van der Waals surface area contributed by atoms with Crippen LogP contribution >= 0.6 is 0 Å². The van der Waals surface area contributed by atoms with E-state index in [0.29, 0.717) is 18.7 Å². The molecule has 10 heteroatoms. The van der Waals surface area contributed by atoms with Gasteiger partial charge >= 0.3 is 6.03 Å². The second-order valence-corrected chi connectivity index (χ2v) is 7.04. The number of amides is 4. The third kappa shape index (κ3) is 4.89. The zero-order valence-electron chi connectivity index (χ0n) is 15.8. The summed E-state index contributed by atoms with van der Waals surface area (Å²) in [6, 6.07) is 7.26. The number of carbonyl (C=O) groups excluding carboxylic acids is 3. The number of rotatable bonds is 8. The summed E-state index contributed by atoms with van der Waals surface area (Å²) in [6.07, 6.45) is 3.61. The molecule has 0 bridgehead atoms. The first-order valence-electron chi connectivity index (χ1n) is 9.20. The lowest BCUT2D eigenvalue weighted by molar-refractivity contribution is -0.153. The molecule has 1 saturated heterocycles. The molecule has 4 amide bonds. The molecule has 1 fully saturated rings. The summed E-state index contributed by atoms with van der Waals surface area (Å²) < 4.78 is 15.9. The highest BCUT2D eigenvalue weighted by Crippen LogP contribution is 2.35. The molecule has 0 saturated carbocycles. The number of urea groups is 1. The predicted molar refractivity (Wildman–Crippen MR) is 102 cm³/mol. The Kier molecular flexibility index (Phi) is 6.10. The summed E-state index contributed by atoms with van der Waals surface area (Å²) in [5, 5.41) is 9.18. The van der Waals surface area contributed by atoms with E-state index >= 15 is 0 Å². The first kappa shape index (κ1) is 20.3. The topological polar surface area (TPSA) is 122 Å². The molecule has 154 valence electrons. The maximum Gasteiger partial charge on any atom is 0.312 e. The van der Waals surface area contributed by atoms with Crippen molar-refractivity contribution in [3.8, 4) is 0 Å². The summed E-state index contributed by atoms with van der Waals surface area (Å²) in [7, 11) is 0. The highest BCUT2D eigenvalue weighted by Gasteiger charge is 2.50. The Morgan fingerprint density at radius 2 is 1.93 bits per heavy atom. The molecule has 1 aromatic carbocycles. The predicted octanol–water partition coefficient (Wildman–Crippen LogP) is -0.122. The van der Waals surface area contributed by atoms with E-state index in [4.69, 9.17) is 5.73 Å². The van der Waals surface area contributed by atoms with Crippen molar-refractivity contribution in [3.05, 3.63) is 54.1 Å². The van der Waals surface area contributed by atoms with Crippen LogP contribution in [0.25, 0.3) is 0 Å². The summed E-state index contributed by atoms with van der Waals surface area (Å²) in [5.74, 6) is -0.992. The lowest BCUT2D eigenvalue weighted by atomic mass is 9.73. The van der Waals surface area contributed by atoms with Crippen molar-refractivity contribution in [3.63, 3.8) is 0 Å². The fourth-order valence-corrected chi connectivity index (χ4v) is 3.38. The number of aromatic nitrogens is 2. The molecule has 3 rings (SSSR count). The molecule has 29 heavy (non-hydrogen) atoms. The molecule has 1 aliphatic heterocycles. The van der Waals surface area contributed by atoms with E-state index in [1.807, 2.05) is 0 Å². The lowest BCUT2D eigenvalue weighted by Gasteiger charge is -2.49. The molecular weight excluding hydrogens is 379 g/mol. The number of benzene rings is 1. The van der Waals surface area contributed by atoms with Crippen molar-refractivity contribution in [2.45, 2.75) is 13.0 Å². The van der Waals surface area contributed by atoms with Gasteiger partial charge in [-0.1, -0.05) is 18.2 Å². The number of likely N-dealkylation sites (tertiary alicyclic amines) is 1. The molecule has 2 heterocycles. The van der Waals surface area contributed by atoms with Crippen LogP contribution in [0.1, 0.15) is 5.56 Å². The Morgan fingerprint density at radius 3 is 2.59 bits per heavy atom. The third-order valence-electron chi connectivity index (χ3n) is 4.91. The first-order valence-corrected chi connectivity index (χ1v) is 9.20. The van der Waals surface area contributed by atoms with Gasteiger partial charge in [0.25, 0.3) is 0 Å². The SMILES string of the molecule is NC(=O)NCC(=O)N1CC(Cc2ccccc2F)(C(=O)NCCn2cccn2)C1. The standard InChI is InChI=1S/C19H23FN6O3/c20-15-5-2-1-4-14(15)10-19(12-25(13-19)16(27)11-23-18(21)29)17(28)22-7-9-26-8-3-6-24-26/h1-6,8H,7,9-13H2,(H,22,28)(H3,21,23,29). The first-order chi connectivity index (χ1) is 13.9. The number of nitrogens with zero attached hydrogens (tertiary/aromatic N) is 3. The maximum atomic E-state index is 14.2. The van der Waals surface area contributed by atoms with Gasteiger partial charge in [0.15, 0.2) is 0 Å². The van der Waals surface area contributed by atoms with Gasteiger partial charge < -0.3 is 21.3 Å². The van der Waals surface area contributed by atoms with E-state index in [0.717, 1.165) is 0 Å². The van der Waals surface area contributed by atoms with Crippen LogP contribution in [0.4, 0.5) is 9.18 Å². The zero-order chi connectivity index (χ0) is 20.9. The second kappa shape index (κ2) is 8.72. The smallest absolute Gasteiger partial charge is 0.312 e. The number of halogens is 1. The van der Waals surface area contributed by atoms with E-state index < -0.39 is 17.3 Å². The van der Waals surface area contributed by atoms with Crippen LogP contribution in [0, 0.1) is 11.2 Å². The molecule has 0 radical (unpaired) electrons. The summed E-state index contributed by atoms with van der Waals surface area (Å²) in [6.45, 7) is 0.880. The van der Waals surface area contributed by atoms with Crippen LogP contribution in [0.5, 0.6) is 0 Å². The number of hydrogen-bond donors (Lipinski definition) is 3. The summed E-state index contributed by atoms with van der Waals surface area (Å²) >= 11 is 0. The van der Waals surface area contributed by atoms with Crippen molar-refractivity contribution in [2.75, 3.05) is 26.2 Å². The molecule has 2 aromatic rings. The fraction of sp³-hybridized carbons (Fsp3) is 0.368. The normalized spacial score (nSPS) is 14.7. The van der Waals surface area contributed by atoms with E-state index in [1.165, 1.54) is 11.0 Å². The molecular formula is C19H23FN6O3. The molecule has 1 aromatic heterocycles. The summed E-state index contributed by atoms with van der Waals surface area (Å²) in [4.78, 5) is 37.3. The molecule has 0 atom stereocenters. The van der Waals surface area contributed by atoms with Gasteiger partial charge in [0.05, 0.1) is 18.5 Å². The van der Waals surface area contributed by atoms with Crippen molar-refractivity contribution >= 4 is 17.8 Å². The number of carbonyl (C=O) groups is 3.